The van der Waals surface area contributed by atoms with Gasteiger partial charge in [-0.15, -0.1) is 0 Å². The van der Waals surface area contributed by atoms with E-state index in [1.165, 1.54) is 0 Å². The van der Waals surface area contributed by atoms with Crippen molar-refractivity contribution in [2.75, 3.05) is 13.2 Å². The van der Waals surface area contributed by atoms with Crippen LogP contribution >= 0.6 is 0 Å². The Morgan fingerprint density at radius 3 is 3.15 bits per heavy atom. The Balaban J connectivity index is 1.88. The highest BCUT2D eigenvalue weighted by Gasteiger charge is 2.37. The molecule has 2 N–H and O–H groups in total. The number of aliphatic imine (C=N–C) groups is 1. The van der Waals surface area contributed by atoms with E-state index in [1.807, 2.05) is 30.0 Å². The molecule has 1 aromatic carbocycles. The number of aliphatic hydroxyl groups is 1. The molecule has 0 bridgehead atoms. The minimum atomic E-state index is -0.149. The summed E-state index contributed by atoms with van der Waals surface area (Å²) < 4.78 is 5.41. The monoisotopic (exact) mass is 275 g/mol. The van der Waals surface area contributed by atoms with Gasteiger partial charge in [0, 0.05) is 12.1 Å². The van der Waals surface area contributed by atoms with Crippen molar-refractivity contribution >= 4 is 17.6 Å². The molecule has 2 heterocycles. The average molecular weight is 275 g/mol. The second kappa shape index (κ2) is 5.13. The maximum absolute atomic E-state index is 11.8. The Morgan fingerprint density at radius 1 is 1.55 bits per heavy atom. The number of aliphatic hydroxyl groups excluding tert-OH is 1. The lowest BCUT2D eigenvalue weighted by molar-refractivity contribution is -0.121. The van der Waals surface area contributed by atoms with E-state index < -0.39 is 0 Å². The van der Waals surface area contributed by atoms with E-state index in [4.69, 9.17) is 9.84 Å². The van der Waals surface area contributed by atoms with E-state index in [-0.39, 0.29) is 25.2 Å². The molecule has 1 aromatic rings. The molecule has 6 heteroatoms. The Bertz CT molecular complexity index is 571. The van der Waals surface area contributed by atoms with E-state index in [9.17, 15) is 4.79 Å². The number of hydrogen-bond donors (Lipinski definition) is 2. The van der Waals surface area contributed by atoms with Crippen molar-refractivity contribution in [3.8, 4) is 5.75 Å². The van der Waals surface area contributed by atoms with Crippen molar-refractivity contribution in [3.63, 3.8) is 0 Å². The minimum absolute atomic E-state index is 0.0100. The third-order valence-corrected chi connectivity index (χ3v) is 3.55. The molecule has 0 aromatic heterocycles. The molecule has 2 aliphatic heterocycles. The van der Waals surface area contributed by atoms with Crippen molar-refractivity contribution in [1.29, 1.82) is 0 Å². The van der Waals surface area contributed by atoms with Gasteiger partial charge in [-0.1, -0.05) is 6.92 Å². The zero-order valence-corrected chi connectivity index (χ0v) is 11.3. The quantitative estimate of drug-likeness (QED) is 0.851. The average Bonchev–Trinajstić information content (AvgIpc) is 2.76. The van der Waals surface area contributed by atoms with Crippen LogP contribution in [0.4, 0.5) is 5.69 Å². The predicted octanol–water partition coefficient (Wildman–Crippen LogP) is 0.769. The van der Waals surface area contributed by atoms with Crippen LogP contribution in [0.25, 0.3) is 0 Å². The van der Waals surface area contributed by atoms with Crippen LogP contribution in [-0.4, -0.2) is 41.1 Å². The van der Waals surface area contributed by atoms with E-state index in [0.717, 1.165) is 17.7 Å². The van der Waals surface area contributed by atoms with Crippen molar-refractivity contribution in [3.05, 3.63) is 23.8 Å². The van der Waals surface area contributed by atoms with Gasteiger partial charge in [0.2, 0.25) is 11.9 Å². The van der Waals surface area contributed by atoms with Crippen molar-refractivity contribution in [2.45, 2.75) is 25.9 Å². The SMILES string of the molecule is CCC1C(=O)NC2=Nc3ccc(OCCO)cc3CN21. The molecule has 0 saturated carbocycles. The largest absolute Gasteiger partial charge is 0.491 e. The van der Waals surface area contributed by atoms with Gasteiger partial charge in [-0.3, -0.25) is 10.1 Å². The maximum Gasteiger partial charge on any atom is 0.249 e. The van der Waals surface area contributed by atoms with Crippen LogP contribution in [-0.2, 0) is 11.3 Å². The highest BCUT2D eigenvalue weighted by atomic mass is 16.5. The Morgan fingerprint density at radius 2 is 2.40 bits per heavy atom. The number of amides is 1. The van der Waals surface area contributed by atoms with Crippen LogP contribution in [0.15, 0.2) is 23.2 Å². The molecule has 1 unspecified atom stereocenters. The molecule has 1 amide bonds. The number of ether oxygens (including phenoxy) is 1. The number of guanidine groups is 1. The molecule has 0 spiro atoms. The molecular formula is C14H17N3O3. The lowest BCUT2D eigenvalue weighted by Gasteiger charge is -2.27. The smallest absolute Gasteiger partial charge is 0.249 e. The van der Waals surface area contributed by atoms with Gasteiger partial charge in [-0.2, -0.15) is 0 Å². The Hall–Kier alpha value is -2.08. The number of benzene rings is 1. The zero-order valence-electron chi connectivity index (χ0n) is 11.3. The van der Waals surface area contributed by atoms with E-state index >= 15 is 0 Å². The van der Waals surface area contributed by atoms with E-state index in [2.05, 4.69) is 10.3 Å². The van der Waals surface area contributed by atoms with Gasteiger partial charge in [0.05, 0.1) is 12.3 Å². The van der Waals surface area contributed by atoms with Crippen LogP contribution < -0.4 is 10.1 Å². The van der Waals surface area contributed by atoms with Gasteiger partial charge in [0.1, 0.15) is 18.4 Å². The fourth-order valence-corrected chi connectivity index (χ4v) is 2.59. The summed E-state index contributed by atoms with van der Waals surface area (Å²) in [5, 5.41) is 11.6. The predicted molar refractivity (Wildman–Crippen MR) is 73.9 cm³/mol. The van der Waals surface area contributed by atoms with Gasteiger partial charge in [0.15, 0.2) is 0 Å². The summed E-state index contributed by atoms with van der Waals surface area (Å²) in [5.74, 6) is 1.36. The summed E-state index contributed by atoms with van der Waals surface area (Å²) in [7, 11) is 0. The van der Waals surface area contributed by atoms with Gasteiger partial charge in [-0.05, 0) is 24.6 Å². The van der Waals surface area contributed by atoms with Crippen LogP contribution in [0, 0.1) is 0 Å². The molecule has 1 fully saturated rings. The highest BCUT2D eigenvalue weighted by molar-refractivity contribution is 6.07. The van der Waals surface area contributed by atoms with Gasteiger partial charge >= 0.3 is 0 Å². The van der Waals surface area contributed by atoms with Crippen LogP contribution in [0.1, 0.15) is 18.9 Å². The minimum Gasteiger partial charge on any atom is -0.491 e. The van der Waals surface area contributed by atoms with Crippen molar-refractivity contribution in [1.82, 2.24) is 10.2 Å². The summed E-state index contributed by atoms with van der Waals surface area (Å²) in [4.78, 5) is 18.3. The van der Waals surface area contributed by atoms with Gasteiger partial charge < -0.3 is 14.7 Å². The molecular weight excluding hydrogens is 258 g/mol. The van der Waals surface area contributed by atoms with Gasteiger partial charge in [-0.25, -0.2) is 4.99 Å². The van der Waals surface area contributed by atoms with Gasteiger partial charge in [0.25, 0.3) is 0 Å². The lowest BCUT2D eigenvalue weighted by atomic mass is 10.1. The molecule has 0 radical (unpaired) electrons. The van der Waals surface area contributed by atoms with Crippen LogP contribution in [0.3, 0.4) is 0 Å². The summed E-state index contributed by atoms with van der Waals surface area (Å²) in [5.41, 5.74) is 1.88. The summed E-state index contributed by atoms with van der Waals surface area (Å²) >= 11 is 0. The molecule has 6 nitrogen and oxygen atoms in total. The number of rotatable bonds is 4. The highest BCUT2D eigenvalue weighted by Crippen LogP contribution is 2.32. The summed E-state index contributed by atoms with van der Waals surface area (Å²) in [6.07, 6.45) is 0.751. The third kappa shape index (κ3) is 2.12. The second-order valence-electron chi connectivity index (χ2n) is 4.84. The third-order valence-electron chi connectivity index (χ3n) is 3.55. The molecule has 3 rings (SSSR count). The number of nitrogens with one attached hydrogen (secondary N) is 1. The standard InChI is InChI=1S/C14H17N3O3/c1-2-12-13(19)16-14-15-11-4-3-10(20-6-5-18)7-9(11)8-17(12)14/h3-4,7,12,18H,2,5-6,8H2,1H3,(H,15,16,19). The van der Waals surface area contributed by atoms with E-state index in [1.54, 1.807) is 0 Å². The van der Waals surface area contributed by atoms with Crippen LogP contribution in [0.5, 0.6) is 5.75 Å². The molecule has 20 heavy (non-hydrogen) atoms. The molecule has 1 saturated heterocycles. The fraction of sp³-hybridized carbons (Fsp3) is 0.429. The molecule has 1 atom stereocenters. The first-order valence-electron chi connectivity index (χ1n) is 6.75. The first-order valence-corrected chi connectivity index (χ1v) is 6.75. The molecule has 106 valence electrons. The molecule has 2 aliphatic rings. The first-order chi connectivity index (χ1) is 9.72. The van der Waals surface area contributed by atoms with E-state index in [0.29, 0.717) is 18.3 Å². The summed E-state index contributed by atoms with van der Waals surface area (Å²) in [6.45, 7) is 2.89. The van der Waals surface area contributed by atoms with Crippen molar-refractivity contribution < 1.29 is 14.6 Å². The lowest BCUT2D eigenvalue weighted by Crippen LogP contribution is -2.36. The van der Waals surface area contributed by atoms with Crippen molar-refractivity contribution in [2.24, 2.45) is 4.99 Å². The fourth-order valence-electron chi connectivity index (χ4n) is 2.59. The molecule has 0 aliphatic carbocycles. The zero-order chi connectivity index (χ0) is 14.1. The number of hydrogen-bond acceptors (Lipinski definition) is 5. The normalized spacial score (nSPS) is 20.1. The Kier molecular flexibility index (Phi) is 3.31. The second-order valence-corrected chi connectivity index (χ2v) is 4.84. The number of carbonyl (C=O) groups excluding carboxylic acids is 1. The summed E-state index contributed by atoms with van der Waals surface area (Å²) in [6, 6.07) is 5.46. The van der Waals surface area contributed by atoms with Crippen LogP contribution in [0.2, 0.25) is 0 Å². The number of nitrogens with zero attached hydrogens (tertiary/aromatic N) is 2. The number of carbonyl (C=O) groups is 1. The first kappa shape index (κ1) is 12.9. The number of fused-ring (bicyclic) bond motifs is 2. The topological polar surface area (TPSA) is 74.2 Å². The Labute approximate surface area is 117 Å². The maximum atomic E-state index is 11.8.